The number of hydrogen-bond donors (Lipinski definition) is 0. The maximum Gasteiger partial charge on any atom is 0.140 e. The molecule has 0 amide bonds. The van der Waals surface area contributed by atoms with Crippen molar-refractivity contribution in [3.63, 3.8) is 0 Å². The van der Waals surface area contributed by atoms with Gasteiger partial charge in [-0.2, -0.15) is 0 Å². The third-order valence-corrected chi connectivity index (χ3v) is 5.79. The zero-order valence-electron chi connectivity index (χ0n) is 13.9. The van der Waals surface area contributed by atoms with Crippen molar-refractivity contribution in [2.45, 2.75) is 51.0 Å². The number of ether oxygens (including phenoxy) is 2. The van der Waals surface area contributed by atoms with E-state index in [9.17, 15) is 0 Å². The van der Waals surface area contributed by atoms with E-state index in [1.165, 1.54) is 25.7 Å². The fourth-order valence-electron chi connectivity index (χ4n) is 3.73. The number of rotatable bonds is 5. The summed E-state index contributed by atoms with van der Waals surface area (Å²) in [6, 6.07) is 10.5. The summed E-state index contributed by atoms with van der Waals surface area (Å²) in [6.45, 7) is 3.36. The maximum atomic E-state index is 5.96. The minimum absolute atomic E-state index is 0.437. The van der Waals surface area contributed by atoms with E-state index in [2.05, 4.69) is 10.3 Å². The van der Waals surface area contributed by atoms with Crippen molar-refractivity contribution in [3.05, 3.63) is 46.4 Å². The average molecular weight is 344 g/mol. The summed E-state index contributed by atoms with van der Waals surface area (Å²) < 4.78 is 11.8. The lowest BCUT2D eigenvalue weighted by atomic mass is 9.90. The van der Waals surface area contributed by atoms with Gasteiger partial charge in [0, 0.05) is 24.5 Å². The first kappa shape index (κ1) is 16.1. The number of morpholine rings is 1. The van der Waals surface area contributed by atoms with Crippen LogP contribution in [-0.2, 0) is 17.9 Å². The van der Waals surface area contributed by atoms with E-state index in [1.807, 2.05) is 30.3 Å². The summed E-state index contributed by atoms with van der Waals surface area (Å²) in [7, 11) is 0. The van der Waals surface area contributed by atoms with Crippen molar-refractivity contribution in [2.24, 2.45) is 0 Å². The van der Waals surface area contributed by atoms with Gasteiger partial charge in [0.05, 0.1) is 18.4 Å². The summed E-state index contributed by atoms with van der Waals surface area (Å²) in [4.78, 5) is 7.34. The molecule has 1 aromatic carbocycles. The lowest BCUT2D eigenvalue weighted by Gasteiger charge is -2.43. The second-order valence-corrected chi connectivity index (χ2v) is 7.51. The molecule has 2 heterocycles. The topological polar surface area (TPSA) is 34.6 Å². The zero-order valence-corrected chi connectivity index (χ0v) is 14.7. The molecule has 1 aliphatic heterocycles. The number of benzene rings is 1. The molecule has 1 aliphatic carbocycles. The largest absolute Gasteiger partial charge is 0.486 e. The van der Waals surface area contributed by atoms with Crippen molar-refractivity contribution in [1.29, 1.82) is 0 Å². The number of fused-ring (bicyclic) bond motifs is 1. The number of thiazole rings is 1. The van der Waals surface area contributed by atoms with E-state index >= 15 is 0 Å². The first-order chi connectivity index (χ1) is 11.9. The summed E-state index contributed by atoms with van der Waals surface area (Å²) in [6.07, 6.45) is 5.56. The Kier molecular flexibility index (Phi) is 5.11. The highest BCUT2D eigenvalue weighted by Crippen LogP contribution is 2.29. The molecule has 2 aliphatic rings. The lowest BCUT2D eigenvalue weighted by molar-refractivity contribution is -0.0914. The van der Waals surface area contributed by atoms with Crippen LogP contribution in [0.5, 0.6) is 5.75 Å². The van der Waals surface area contributed by atoms with Crippen LogP contribution in [0.25, 0.3) is 0 Å². The second kappa shape index (κ2) is 7.64. The van der Waals surface area contributed by atoms with E-state index in [4.69, 9.17) is 14.5 Å². The predicted octanol–water partition coefficient (Wildman–Crippen LogP) is 3.87. The smallest absolute Gasteiger partial charge is 0.140 e. The third-order valence-electron chi connectivity index (χ3n) is 4.92. The van der Waals surface area contributed by atoms with Gasteiger partial charge in [-0.1, -0.05) is 31.0 Å². The summed E-state index contributed by atoms with van der Waals surface area (Å²) >= 11 is 1.69. The van der Waals surface area contributed by atoms with E-state index in [1.54, 1.807) is 11.3 Å². The zero-order chi connectivity index (χ0) is 16.2. The van der Waals surface area contributed by atoms with Gasteiger partial charge in [0.15, 0.2) is 0 Å². The third kappa shape index (κ3) is 3.79. The van der Waals surface area contributed by atoms with E-state index in [0.29, 0.717) is 18.8 Å². The maximum absolute atomic E-state index is 5.96. The molecule has 0 unspecified atom stereocenters. The first-order valence-corrected chi connectivity index (χ1v) is 9.73. The average Bonchev–Trinajstić information content (AvgIpc) is 3.09. The van der Waals surface area contributed by atoms with E-state index < -0.39 is 0 Å². The Labute approximate surface area is 147 Å². The van der Waals surface area contributed by atoms with E-state index in [0.717, 1.165) is 36.1 Å². The molecule has 1 saturated carbocycles. The molecular formula is C19H24N2O2S. The van der Waals surface area contributed by atoms with Crippen molar-refractivity contribution < 1.29 is 9.47 Å². The van der Waals surface area contributed by atoms with Crippen LogP contribution in [0.15, 0.2) is 35.7 Å². The van der Waals surface area contributed by atoms with Gasteiger partial charge in [-0.15, -0.1) is 11.3 Å². The molecule has 128 valence electrons. The number of hydrogen-bond acceptors (Lipinski definition) is 5. The first-order valence-electron chi connectivity index (χ1n) is 8.85. The van der Waals surface area contributed by atoms with Crippen molar-refractivity contribution in [3.8, 4) is 5.75 Å². The van der Waals surface area contributed by atoms with Crippen molar-refractivity contribution in [1.82, 2.24) is 9.88 Å². The molecule has 1 aromatic heterocycles. The minimum Gasteiger partial charge on any atom is -0.486 e. The molecule has 1 saturated heterocycles. The van der Waals surface area contributed by atoms with Gasteiger partial charge in [0.25, 0.3) is 0 Å². The minimum atomic E-state index is 0.437. The lowest BCUT2D eigenvalue weighted by Crippen LogP contribution is -2.52. The molecule has 24 heavy (non-hydrogen) atoms. The van der Waals surface area contributed by atoms with Gasteiger partial charge in [0.2, 0.25) is 0 Å². The summed E-state index contributed by atoms with van der Waals surface area (Å²) in [5, 5.41) is 3.22. The fourth-order valence-corrected chi connectivity index (χ4v) is 4.43. The Bertz CT molecular complexity index is 644. The molecule has 4 nitrogen and oxygen atoms in total. The Morgan fingerprint density at radius 3 is 3.00 bits per heavy atom. The normalized spacial score (nSPS) is 24.5. The van der Waals surface area contributed by atoms with Crippen molar-refractivity contribution in [2.75, 3.05) is 13.2 Å². The number of para-hydroxylation sites is 1. The SMILES string of the molecule is c1ccc(OCc2nc(CN3CCO[C@H]4CCCC[C@H]43)cs2)cc1. The van der Waals surface area contributed by atoms with Crippen LogP contribution < -0.4 is 4.74 Å². The molecule has 0 radical (unpaired) electrons. The Hall–Kier alpha value is -1.43. The number of nitrogens with zero attached hydrogens (tertiary/aromatic N) is 2. The molecular weight excluding hydrogens is 320 g/mol. The quantitative estimate of drug-likeness (QED) is 0.825. The molecule has 0 bridgehead atoms. The summed E-state index contributed by atoms with van der Waals surface area (Å²) in [5.74, 6) is 0.896. The van der Waals surface area contributed by atoms with Crippen LogP contribution in [-0.4, -0.2) is 35.2 Å². The van der Waals surface area contributed by atoms with Gasteiger partial charge in [0.1, 0.15) is 17.4 Å². The fraction of sp³-hybridized carbons (Fsp3) is 0.526. The molecule has 4 rings (SSSR count). The van der Waals surface area contributed by atoms with Crippen LogP contribution in [0.1, 0.15) is 36.4 Å². The highest BCUT2D eigenvalue weighted by Gasteiger charge is 2.34. The molecule has 0 spiro atoms. The number of aromatic nitrogens is 1. The highest BCUT2D eigenvalue weighted by molar-refractivity contribution is 7.09. The van der Waals surface area contributed by atoms with Gasteiger partial charge < -0.3 is 9.47 Å². The standard InChI is InChI=1S/C19H24N2O2S/c1-2-6-16(7-3-1)23-13-19-20-15(14-24-19)12-21-10-11-22-18-9-5-4-8-17(18)21/h1-3,6-7,14,17-18H,4-5,8-13H2/t17-,18+/m1/s1. The molecule has 2 atom stereocenters. The van der Waals surface area contributed by atoms with Crippen LogP contribution in [0.2, 0.25) is 0 Å². The van der Waals surface area contributed by atoms with Gasteiger partial charge in [-0.25, -0.2) is 4.98 Å². The van der Waals surface area contributed by atoms with Crippen LogP contribution in [0.4, 0.5) is 0 Å². The summed E-state index contributed by atoms with van der Waals surface area (Å²) in [5.41, 5.74) is 1.16. The molecule has 0 N–H and O–H groups in total. The molecule has 5 heteroatoms. The molecule has 2 fully saturated rings. The van der Waals surface area contributed by atoms with Gasteiger partial charge >= 0.3 is 0 Å². The predicted molar refractivity (Wildman–Crippen MR) is 95.3 cm³/mol. The van der Waals surface area contributed by atoms with E-state index in [-0.39, 0.29) is 0 Å². The molecule has 2 aromatic rings. The van der Waals surface area contributed by atoms with Crippen molar-refractivity contribution >= 4 is 11.3 Å². The van der Waals surface area contributed by atoms with Crippen LogP contribution in [0, 0.1) is 0 Å². The second-order valence-electron chi connectivity index (χ2n) is 6.57. The van der Waals surface area contributed by atoms with Crippen LogP contribution >= 0.6 is 11.3 Å². The van der Waals surface area contributed by atoms with Gasteiger partial charge in [-0.05, 0) is 25.0 Å². The Balaban J connectivity index is 1.34. The Morgan fingerprint density at radius 2 is 2.08 bits per heavy atom. The van der Waals surface area contributed by atoms with Crippen LogP contribution in [0.3, 0.4) is 0 Å². The monoisotopic (exact) mass is 344 g/mol. The van der Waals surface area contributed by atoms with Gasteiger partial charge in [-0.3, -0.25) is 4.90 Å². The highest BCUT2D eigenvalue weighted by atomic mass is 32.1. The Morgan fingerprint density at radius 1 is 1.21 bits per heavy atom.